The number of anilines is 1. The molecule has 0 bridgehead atoms. The van der Waals surface area contributed by atoms with Crippen molar-refractivity contribution in [2.45, 2.75) is 25.8 Å². The first kappa shape index (κ1) is 14.1. The molecule has 0 spiro atoms. The summed E-state index contributed by atoms with van der Waals surface area (Å²) in [5.41, 5.74) is 3.84. The van der Waals surface area contributed by atoms with Gasteiger partial charge in [0.25, 0.3) is 0 Å². The second-order valence-corrected chi connectivity index (χ2v) is 6.72. The average molecular weight is 325 g/mol. The minimum Gasteiger partial charge on any atom is -0.478 e. The SMILES string of the molecule is Cc1csc2ncnc(NC3Cc4ccc(C(=O)O)cc4C3)c12. The van der Waals surface area contributed by atoms with Gasteiger partial charge in [-0.05, 0) is 54.0 Å². The van der Waals surface area contributed by atoms with Gasteiger partial charge in [0.05, 0.1) is 10.9 Å². The maximum absolute atomic E-state index is 11.1. The maximum Gasteiger partial charge on any atom is 0.335 e. The summed E-state index contributed by atoms with van der Waals surface area (Å²) in [4.78, 5) is 20.8. The topological polar surface area (TPSA) is 75.1 Å². The van der Waals surface area contributed by atoms with Gasteiger partial charge in [-0.3, -0.25) is 0 Å². The predicted octanol–water partition coefficient (Wildman–Crippen LogP) is 3.28. The molecule has 5 nitrogen and oxygen atoms in total. The molecular weight excluding hydrogens is 310 g/mol. The molecule has 1 aliphatic rings. The van der Waals surface area contributed by atoms with Gasteiger partial charge in [-0.15, -0.1) is 11.3 Å². The van der Waals surface area contributed by atoms with Crippen LogP contribution in [0.25, 0.3) is 10.2 Å². The second-order valence-electron chi connectivity index (χ2n) is 5.86. The molecule has 116 valence electrons. The molecule has 0 radical (unpaired) electrons. The van der Waals surface area contributed by atoms with E-state index in [1.54, 1.807) is 29.8 Å². The smallest absolute Gasteiger partial charge is 0.335 e. The highest BCUT2D eigenvalue weighted by Gasteiger charge is 2.23. The third-order valence-electron chi connectivity index (χ3n) is 4.28. The van der Waals surface area contributed by atoms with E-state index in [4.69, 9.17) is 5.11 Å². The lowest BCUT2D eigenvalue weighted by Crippen LogP contribution is -2.20. The van der Waals surface area contributed by atoms with Crippen molar-refractivity contribution in [3.8, 4) is 0 Å². The number of benzene rings is 1. The van der Waals surface area contributed by atoms with Crippen molar-refractivity contribution in [1.82, 2.24) is 9.97 Å². The molecule has 0 aliphatic heterocycles. The fraction of sp³-hybridized carbons (Fsp3) is 0.235. The van der Waals surface area contributed by atoms with E-state index < -0.39 is 5.97 Å². The van der Waals surface area contributed by atoms with Gasteiger partial charge in [-0.25, -0.2) is 14.8 Å². The van der Waals surface area contributed by atoms with Crippen molar-refractivity contribution < 1.29 is 9.90 Å². The van der Waals surface area contributed by atoms with Gasteiger partial charge < -0.3 is 10.4 Å². The van der Waals surface area contributed by atoms with E-state index in [9.17, 15) is 4.79 Å². The summed E-state index contributed by atoms with van der Waals surface area (Å²) >= 11 is 1.62. The number of carboxylic acids is 1. The molecule has 23 heavy (non-hydrogen) atoms. The van der Waals surface area contributed by atoms with Crippen LogP contribution >= 0.6 is 11.3 Å². The molecule has 6 heteroatoms. The molecule has 2 heterocycles. The third kappa shape index (κ3) is 2.45. The summed E-state index contributed by atoms with van der Waals surface area (Å²) < 4.78 is 0. The van der Waals surface area contributed by atoms with Crippen molar-refractivity contribution in [1.29, 1.82) is 0 Å². The minimum atomic E-state index is -0.879. The molecule has 2 N–H and O–H groups in total. The molecule has 0 amide bonds. The van der Waals surface area contributed by atoms with Gasteiger partial charge in [-0.1, -0.05) is 6.07 Å². The molecular formula is C17H15N3O2S. The Labute approximate surface area is 137 Å². The molecule has 2 aromatic heterocycles. The normalized spacial score (nSPS) is 16.5. The van der Waals surface area contributed by atoms with E-state index in [0.29, 0.717) is 5.56 Å². The quantitative estimate of drug-likeness (QED) is 0.773. The third-order valence-corrected chi connectivity index (χ3v) is 5.29. The Hall–Kier alpha value is -2.47. The minimum absolute atomic E-state index is 0.228. The maximum atomic E-state index is 11.1. The van der Waals surface area contributed by atoms with Crippen LogP contribution in [-0.4, -0.2) is 27.1 Å². The number of carbonyl (C=O) groups is 1. The van der Waals surface area contributed by atoms with Crippen LogP contribution in [0.5, 0.6) is 0 Å². The number of nitrogens with zero attached hydrogens (tertiary/aromatic N) is 2. The number of thiophene rings is 1. The van der Waals surface area contributed by atoms with Gasteiger partial charge in [0.15, 0.2) is 0 Å². The van der Waals surface area contributed by atoms with Crippen LogP contribution in [0, 0.1) is 6.92 Å². The highest BCUT2D eigenvalue weighted by atomic mass is 32.1. The van der Waals surface area contributed by atoms with E-state index in [1.807, 2.05) is 6.07 Å². The monoisotopic (exact) mass is 325 g/mol. The van der Waals surface area contributed by atoms with E-state index in [2.05, 4.69) is 27.6 Å². The number of nitrogens with one attached hydrogen (secondary N) is 1. The lowest BCUT2D eigenvalue weighted by molar-refractivity contribution is 0.0697. The summed E-state index contributed by atoms with van der Waals surface area (Å²) in [6.07, 6.45) is 3.28. The molecule has 1 aromatic carbocycles. The first-order valence-corrected chi connectivity index (χ1v) is 8.30. The highest BCUT2D eigenvalue weighted by molar-refractivity contribution is 7.17. The molecule has 0 fully saturated rings. The van der Waals surface area contributed by atoms with E-state index >= 15 is 0 Å². The van der Waals surface area contributed by atoms with Crippen LogP contribution in [0.2, 0.25) is 0 Å². The first-order valence-electron chi connectivity index (χ1n) is 7.42. The number of aromatic carboxylic acids is 1. The first-order chi connectivity index (χ1) is 11.1. The Balaban J connectivity index is 1.61. The standard InChI is InChI=1S/C17H15N3O2S/c1-9-7-23-16-14(9)15(18-8-19-16)20-13-5-10-2-3-11(17(21)22)4-12(10)6-13/h2-4,7-8,13H,5-6H2,1H3,(H,21,22)(H,18,19,20). The lowest BCUT2D eigenvalue weighted by Gasteiger charge is -2.13. The van der Waals surface area contributed by atoms with Crippen molar-refractivity contribution in [3.63, 3.8) is 0 Å². The number of rotatable bonds is 3. The molecule has 1 atom stereocenters. The van der Waals surface area contributed by atoms with E-state index in [-0.39, 0.29) is 6.04 Å². The molecule has 0 saturated carbocycles. The summed E-state index contributed by atoms with van der Waals surface area (Å²) in [5, 5.41) is 15.8. The Bertz CT molecular complexity index is 919. The largest absolute Gasteiger partial charge is 0.478 e. The Morgan fingerprint density at radius 1 is 1.30 bits per heavy atom. The van der Waals surface area contributed by atoms with Gasteiger partial charge >= 0.3 is 5.97 Å². The van der Waals surface area contributed by atoms with Gasteiger partial charge in [0.1, 0.15) is 17.0 Å². The van der Waals surface area contributed by atoms with Crippen LogP contribution in [0.3, 0.4) is 0 Å². The number of aromatic nitrogens is 2. The van der Waals surface area contributed by atoms with Crippen molar-refractivity contribution >= 4 is 33.3 Å². The number of hydrogen-bond acceptors (Lipinski definition) is 5. The van der Waals surface area contributed by atoms with Gasteiger partial charge in [-0.2, -0.15) is 0 Å². The predicted molar refractivity (Wildman–Crippen MR) is 90.4 cm³/mol. The molecule has 0 saturated heterocycles. The van der Waals surface area contributed by atoms with Crippen molar-refractivity contribution in [3.05, 3.63) is 52.2 Å². The summed E-state index contributed by atoms with van der Waals surface area (Å²) in [6.45, 7) is 2.07. The average Bonchev–Trinajstić information content (AvgIpc) is 3.10. The zero-order valence-corrected chi connectivity index (χ0v) is 13.4. The molecule has 3 aromatic rings. The number of carboxylic acid groups (broad SMARTS) is 1. The molecule has 1 unspecified atom stereocenters. The number of aryl methyl sites for hydroxylation is 1. The van der Waals surface area contributed by atoms with Gasteiger partial charge in [0.2, 0.25) is 0 Å². The van der Waals surface area contributed by atoms with Crippen LogP contribution in [0.15, 0.2) is 29.9 Å². The lowest BCUT2D eigenvalue weighted by atomic mass is 10.1. The van der Waals surface area contributed by atoms with E-state index in [1.165, 1.54) is 11.1 Å². The zero-order chi connectivity index (χ0) is 16.0. The van der Waals surface area contributed by atoms with Crippen LogP contribution < -0.4 is 5.32 Å². The highest BCUT2D eigenvalue weighted by Crippen LogP contribution is 2.31. The van der Waals surface area contributed by atoms with Crippen LogP contribution in [0.1, 0.15) is 27.0 Å². The van der Waals surface area contributed by atoms with Crippen molar-refractivity contribution in [2.75, 3.05) is 5.32 Å². The summed E-state index contributed by atoms with van der Waals surface area (Å²) in [6, 6.07) is 5.61. The Kier molecular flexibility index (Phi) is 3.27. The number of hydrogen-bond donors (Lipinski definition) is 2. The molecule has 1 aliphatic carbocycles. The zero-order valence-electron chi connectivity index (χ0n) is 12.5. The van der Waals surface area contributed by atoms with Crippen molar-refractivity contribution in [2.24, 2.45) is 0 Å². The van der Waals surface area contributed by atoms with Crippen LogP contribution in [-0.2, 0) is 12.8 Å². The van der Waals surface area contributed by atoms with Crippen LogP contribution in [0.4, 0.5) is 5.82 Å². The summed E-state index contributed by atoms with van der Waals surface area (Å²) in [7, 11) is 0. The fourth-order valence-electron chi connectivity index (χ4n) is 3.17. The van der Waals surface area contributed by atoms with Gasteiger partial charge in [0, 0.05) is 6.04 Å². The number of fused-ring (bicyclic) bond motifs is 2. The van der Waals surface area contributed by atoms with E-state index in [0.717, 1.165) is 34.4 Å². The second kappa shape index (κ2) is 5.31. The fourth-order valence-corrected chi connectivity index (χ4v) is 4.06. The summed E-state index contributed by atoms with van der Waals surface area (Å²) in [5.74, 6) is -0.0133. The Morgan fingerprint density at radius 3 is 2.96 bits per heavy atom. The Morgan fingerprint density at radius 2 is 2.13 bits per heavy atom. The molecule has 4 rings (SSSR count).